The third-order valence-electron chi connectivity index (χ3n) is 6.79. The van der Waals surface area contributed by atoms with E-state index in [0.29, 0.717) is 28.8 Å². The summed E-state index contributed by atoms with van der Waals surface area (Å²) in [5.74, 6) is -0.407. The lowest BCUT2D eigenvalue weighted by Gasteiger charge is -2.29. The maximum absolute atomic E-state index is 13.4. The molecule has 1 fully saturated rings. The van der Waals surface area contributed by atoms with Gasteiger partial charge in [-0.3, -0.25) is 9.00 Å². The number of hydrogen-bond donors (Lipinski definition) is 1. The van der Waals surface area contributed by atoms with Crippen molar-refractivity contribution in [2.45, 2.75) is 38.5 Å². The van der Waals surface area contributed by atoms with E-state index >= 15 is 0 Å². The van der Waals surface area contributed by atoms with Gasteiger partial charge >= 0.3 is 0 Å². The Labute approximate surface area is 225 Å². The summed E-state index contributed by atoms with van der Waals surface area (Å²) in [6.07, 6.45) is 2.67. The first-order chi connectivity index (χ1) is 17.7. The van der Waals surface area contributed by atoms with E-state index < -0.39 is 17.2 Å². The van der Waals surface area contributed by atoms with Crippen LogP contribution in [0.5, 0.6) is 0 Å². The first-order valence-corrected chi connectivity index (χ1v) is 13.8. The fraction of sp³-hybridized carbons (Fsp3) is 0.250. The Kier molecular flexibility index (Phi) is 7.20. The van der Waals surface area contributed by atoms with Crippen LogP contribution in [0.3, 0.4) is 0 Å². The van der Waals surface area contributed by atoms with Crippen molar-refractivity contribution in [3.8, 4) is 0 Å². The smallest absolute Gasteiger partial charge is 0.252 e. The lowest BCUT2D eigenvalue weighted by molar-refractivity contribution is 0.1000. The molecule has 5 rings (SSSR count). The molecule has 192 valence electrons. The minimum atomic E-state index is -2.52. The van der Waals surface area contributed by atoms with Gasteiger partial charge in [0.2, 0.25) is 0 Å². The number of nitrogens with two attached hydrogens (primary N) is 1. The molecule has 1 atom stereocenters. The molecule has 1 heterocycles. The number of benzene rings is 3. The highest BCUT2D eigenvalue weighted by Crippen LogP contribution is 2.47. The zero-order valence-electron chi connectivity index (χ0n) is 20.1. The van der Waals surface area contributed by atoms with E-state index in [9.17, 15) is 17.9 Å². The average Bonchev–Trinajstić information content (AvgIpc) is 3.62. The van der Waals surface area contributed by atoms with Crippen molar-refractivity contribution in [1.29, 1.82) is 0 Å². The van der Waals surface area contributed by atoms with Crippen molar-refractivity contribution in [2.75, 3.05) is 10.8 Å². The number of anilines is 1. The van der Waals surface area contributed by atoms with E-state index in [1.54, 1.807) is 18.2 Å². The summed E-state index contributed by atoms with van der Waals surface area (Å²) in [6.45, 7) is 2.26. The molecule has 0 radical (unpaired) electrons. The molecule has 1 amide bonds. The lowest BCUT2D eigenvalue weighted by Crippen LogP contribution is -2.29. The number of primary amides is 1. The number of aryl methyl sites for hydroxylation is 1. The van der Waals surface area contributed by atoms with E-state index in [0.717, 1.165) is 39.6 Å². The number of carbonyl (C=O) groups excluding carboxylic acids is 1. The van der Waals surface area contributed by atoms with Gasteiger partial charge in [0.05, 0.1) is 11.3 Å². The first kappa shape index (κ1) is 25.6. The zero-order chi connectivity index (χ0) is 26.3. The van der Waals surface area contributed by atoms with Gasteiger partial charge in [0, 0.05) is 40.2 Å². The average molecular weight is 584 g/mol. The molecule has 4 aromatic rings. The molecule has 9 heteroatoms. The zero-order valence-corrected chi connectivity index (χ0v) is 22.5. The second kappa shape index (κ2) is 10.4. The normalized spacial score (nSPS) is 14.2. The van der Waals surface area contributed by atoms with Crippen LogP contribution in [-0.4, -0.2) is 21.2 Å². The van der Waals surface area contributed by atoms with Gasteiger partial charge in [-0.2, -0.15) is 0 Å². The van der Waals surface area contributed by atoms with Gasteiger partial charge in [-0.05, 0) is 84.7 Å². The topological polar surface area (TPSA) is 99.6 Å². The van der Waals surface area contributed by atoms with Crippen molar-refractivity contribution in [1.82, 2.24) is 0 Å². The number of nitrogens with zero attached hydrogens (tertiary/aromatic N) is 1. The molecule has 0 bridgehead atoms. The predicted octanol–water partition coefficient (Wildman–Crippen LogP) is 6.05. The molecular formula is C28H25BrFN2O4S-. The van der Waals surface area contributed by atoms with Crippen LogP contribution in [0.4, 0.5) is 10.1 Å². The molecule has 2 N–H and O–H groups in total. The minimum absolute atomic E-state index is 0.205. The fourth-order valence-corrected chi connectivity index (χ4v) is 5.79. The van der Waals surface area contributed by atoms with Crippen molar-refractivity contribution >= 4 is 49.8 Å². The number of halogens is 2. The summed E-state index contributed by atoms with van der Waals surface area (Å²) in [5.41, 5.74) is 10.7. The number of carbonyl (C=O) groups is 1. The second-order valence-electron chi connectivity index (χ2n) is 9.39. The van der Waals surface area contributed by atoms with Gasteiger partial charge in [-0.15, -0.1) is 0 Å². The van der Waals surface area contributed by atoms with Gasteiger partial charge in [-0.1, -0.05) is 34.1 Å². The molecule has 1 unspecified atom stereocenters. The molecule has 1 aromatic heterocycles. The molecule has 6 nitrogen and oxygen atoms in total. The molecule has 1 aliphatic rings. The fourth-order valence-electron chi connectivity index (χ4n) is 4.76. The molecule has 1 saturated carbocycles. The first-order valence-electron chi connectivity index (χ1n) is 12.0. The maximum atomic E-state index is 13.4. The summed E-state index contributed by atoms with van der Waals surface area (Å²) in [6, 6.07) is 15.4. The molecule has 0 aliphatic heterocycles. The summed E-state index contributed by atoms with van der Waals surface area (Å²) < 4.78 is 46.6. The number of rotatable bonds is 9. The van der Waals surface area contributed by atoms with Crippen molar-refractivity contribution in [3.05, 3.63) is 98.5 Å². The Morgan fingerprint density at radius 2 is 1.92 bits per heavy atom. The molecule has 3 aromatic carbocycles. The monoisotopic (exact) mass is 583 g/mol. The standard InChI is InChI=1S/C28H26BrFN2O4S/c1-16-12-20(29)7-6-18(16)10-11-32(37(34)35)24-15-25-23(14-22(24)19-4-5-19)27(28(31)33)26(36-25)13-17-2-8-21(30)9-3-17/h2-3,6-9,12,14-15,19H,4-5,10-11,13H2,1H3,(H2,31,33)(H,34,35)/p-1. The van der Waals surface area contributed by atoms with Crippen LogP contribution in [0.1, 0.15) is 57.1 Å². The van der Waals surface area contributed by atoms with Crippen LogP contribution >= 0.6 is 15.9 Å². The third kappa shape index (κ3) is 5.49. The van der Waals surface area contributed by atoms with Crippen molar-refractivity contribution in [3.63, 3.8) is 0 Å². The van der Waals surface area contributed by atoms with Crippen LogP contribution in [0.25, 0.3) is 11.0 Å². The number of hydrogen-bond acceptors (Lipinski definition) is 4. The van der Waals surface area contributed by atoms with Crippen LogP contribution in [0.15, 0.2) is 63.5 Å². The lowest BCUT2D eigenvalue weighted by atomic mass is 10.00. The third-order valence-corrected chi connectivity index (χ3v) is 8.02. The van der Waals surface area contributed by atoms with Gasteiger partial charge < -0.3 is 19.0 Å². The summed E-state index contributed by atoms with van der Waals surface area (Å²) in [5, 5.41) is 0.565. The Balaban J connectivity index is 1.55. The van der Waals surface area contributed by atoms with Crippen LogP contribution in [-0.2, 0) is 24.1 Å². The van der Waals surface area contributed by atoms with Gasteiger partial charge in [-0.25, -0.2) is 4.39 Å². The van der Waals surface area contributed by atoms with Crippen molar-refractivity contribution < 1.29 is 22.4 Å². The van der Waals surface area contributed by atoms with E-state index in [1.807, 2.05) is 31.2 Å². The number of fused-ring (bicyclic) bond motifs is 1. The summed E-state index contributed by atoms with van der Waals surface area (Å²) in [4.78, 5) is 12.5. The van der Waals surface area contributed by atoms with E-state index in [-0.39, 0.29) is 30.3 Å². The Morgan fingerprint density at radius 1 is 1.19 bits per heavy atom. The van der Waals surface area contributed by atoms with E-state index in [4.69, 9.17) is 10.2 Å². The second-order valence-corrected chi connectivity index (χ2v) is 11.2. The van der Waals surface area contributed by atoms with E-state index in [2.05, 4.69) is 15.9 Å². The minimum Gasteiger partial charge on any atom is -0.755 e. The summed E-state index contributed by atoms with van der Waals surface area (Å²) in [7, 11) is 0. The molecular weight excluding hydrogens is 559 g/mol. The molecule has 0 spiro atoms. The Hall–Kier alpha value is -3.01. The molecule has 37 heavy (non-hydrogen) atoms. The van der Waals surface area contributed by atoms with Crippen LogP contribution < -0.4 is 10.0 Å². The van der Waals surface area contributed by atoms with Crippen molar-refractivity contribution in [2.24, 2.45) is 5.73 Å². The SMILES string of the molecule is Cc1cc(Br)ccc1CCN(c1cc2oc(Cc3ccc(F)cc3)c(C(N)=O)c2cc1C1CC1)S(=O)[O-]. The van der Waals surface area contributed by atoms with Gasteiger partial charge in [0.25, 0.3) is 5.91 Å². The predicted molar refractivity (Wildman–Crippen MR) is 145 cm³/mol. The Bertz CT molecular complexity index is 1520. The van der Waals surface area contributed by atoms with Crippen LogP contribution in [0.2, 0.25) is 0 Å². The highest BCUT2D eigenvalue weighted by atomic mass is 79.9. The largest absolute Gasteiger partial charge is 0.755 e. The van der Waals surface area contributed by atoms with E-state index in [1.165, 1.54) is 16.4 Å². The molecule has 0 saturated heterocycles. The molecule has 1 aliphatic carbocycles. The Morgan fingerprint density at radius 3 is 2.54 bits per heavy atom. The number of furan rings is 1. The highest BCUT2D eigenvalue weighted by molar-refractivity contribution is 9.10. The summed E-state index contributed by atoms with van der Waals surface area (Å²) >= 11 is 0.948. The van der Waals surface area contributed by atoms with Gasteiger partial charge in [0.1, 0.15) is 17.2 Å². The maximum Gasteiger partial charge on any atom is 0.252 e. The highest BCUT2D eigenvalue weighted by Gasteiger charge is 2.31. The van der Waals surface area contributed by atoms with Gasteiger partial charge in [0.15, 0.2) is 0 Å². The number of amides is 1. The quantitative estimate of drug-likeness (QED) is 0.242. The van der Waals surface area contributed by atoms with Crippen LogP contribution in [0, 0.1) is 12.7 Å².